The van der Waals surface area contributed by atoms with Crippen molar-refractivity contribution >= 4 is 40.9 Å². The third-order valence-corrected chi connectivity index (χ3v) is 5.42. The van der Waals surface area contributed by atoms with Gasteiger partial charge in [-0.05, 0) is 48.4 Å². The van der Waals surface area contributed by atoms with E-state index in [2.05, 4.69) is 0 Å². The zero-order valence-corrected chi connectivity index (χ0v) is 15.4. The molecular weight excluding hydrogens is 389 g/mol. The van der Waals surface area contributed by atoms with E-state index < -0.39 is 17.0 Å². The summed E-state index contributed by atoms with van der Waals surface area (Å²) in [7, 11) is 0. The average molecular weight is 402 g/mol. The molecule has 0 radical (unpaired) electrons. The molecule has 3 rings (SSSR count). The lowest BCUT2D eigenvalue weighted by Crippen LogP contribution is -2.31. The van der Waals surface area contributed by atoms with Crippen molar-refractivity contribution in [1.29, 1.82) is 5.26 Å². The number of hydrogen-bond acceptors (Lipinski definition) is 4. The van der Waals surface area contributed by atoms with Crippen LogP contribution in [0.15, 0.2) is 59.1 Å². The Morgan fingerprint density at radius 2 is 2.00 bits per heavy atom. The summed E-state index contributed by atoms with van der Waals surface area (Å²) >= 11 is 7.08. The van der Waals surface area contributed by atoms with Crippen molar-refractivity contribution in [2.75, 3.05) is 4.90 Å². The molecule has 0 saturated carbocycles. The van der Waals surface area contributed by atoms with E-state index >= 15 is 0 Å². The van der Waals surface area contributed by atoms with E-state index in [1.807, 2.05) is 6.07 Å². The Bertz CT molecular complexity index is 985. The van der Waals surface area contributed by atoms with Crippen LogP contribution in [0.5, 0.6) is 0 Å². The van der Waals surface area contributed by atoms with Crippen molar-refractivity contribution in [3.05, 3.63) is 75.5 Å². The maximum Gasteiger partial charge on any atom is 0.262 e. The summed E-state index contributed by atoms with van der Waals surface area (Å²) in [4.78, 5) is 25.9. The number of primary amides is 1. The number of nitriles is 1. The number of carbonyl (C=O) groups is 2. The number of nitrogens with zero attached hydrogens (tertiary/aromatic N) is 2. The second kappa shape index (κ2) is 7.82. The molecule has 2 amide bonds. The van der Waals surface area contributed by atoms with Gasteiger partial charge in [-0.1, -0.05) is 35.5 Å². The molecule has 1 heterocycles. The van der Waals surface area contributed by atoms with Gasteiger partial charge >= 0.3 is 0 Å². The summed E-state index contributed by atoms with van der Waals surface area (Å²) in [6, 6.07) is 14.1. The van der Waals surface area contributed by atoms with Gasteiger partial charge in [-0.15, -0.1) is 0 Å². The highest BCUT2D eigenvalue weighted by molar-refractivity contribution is 8.05. The Labute approximate surface area is 164 Å². The molecule has 0 bridgehead atoms. The number of carbonyl (C=O) groups excluding carboxylic acids is 2. The molecule has 2 aromatic carbocycles. The first-order valence-corrected chi connectivity index (χ1v) is 9.11. The molecular formula is C19H13ClFN3O2S. The van der Waals surface area contributed by atoms with E-state index in [0.717, 1.165) is 17.3 Å². The monoisotopic (exact) mass is 401 g/mol. The lowest BCUT2D eigenvalue weighted by atomic mass is 10.1. The van der Waals surface area contributed by atoms with Crippen LogP contribution < -0.4 is 10.6 Å². The van der Waals surface area contributed by atoms with Crippen LogP contribution >= 0.6 is 23.4 Å². The lowest BCUT2D eigenvalue weighted by Gasteiger charge is -2.18. The summed E-state index contributed by atoms with van der Waals surface area (Å²) in [5.41, 5.74) is 6.19. The summed E-state index contributed by atoms with van der Waals surface area (Å²) in [6.45, 7) is 0. The van der Waals surface area contributed by atoms with Gasteiger partial charge in [0.2, 0.25) is 5.91 Å². The molecule has 136 valence electrons. The van der Waals surface area contributed by atoms with Crippen molar-refractivity contribution in [3.63, 3.8) is 0 Å². The Morgan fingerprint density at radius 3 is 2.59 bits per heavy atom. The van der Waals surface area contributed by atoms with E-state index in [-0.39, 0.29) is 16.5 Å². The van der Waals surface area contributed by atoms with Crippen LogP contribution in [0.1, 0.15) is 5.56 Å². The molecule has 0 aromatic heterocycles. The van der Waals surface area contributed by atoms with Gasteiger partial charge in [0.1, 0.15) is 22.5 Å². The average Bonchev–Trinajstić information content (AvgIpc) is 2.92. The summed E-state index contributed by atoms with van der Waals surface area (Å²) < 4.78 is 13.3. The molecule has 8 heteroatoms. The maximum atomic E-state index is 13.3. The minimum Gasteiger partial charge on any atom is -0.365 e. The first-order valence-electron chi connectivity index (χ1n) is 7.85. The molecule has 2 aromatic rings. The van der Waals surface area contributed by atoms with Crippen molar-refractivity contribution < 1.29 is 14.0 Å². The van der Waals surface area contributed by atoms with Crippen LogP contribution in [0.25, 0.3) is 0 Å². The first-order chi connectivity index (χ1) is 12.9. The van der Waals surface area contributed by atoms with Crippen molar-refractivity contribution in [2.24, 2.45) is 5.73 Å². The highest BCUT2D eigenvalue weighted by Crippen LogP contribution is 2.41. The Morgan fingerprint density at radius 1 is 1.30 bits per heavy atom. The number of rotatable bonds is 4. The number of halogens is 2. The van der Waals surface area contributed by atoms with Gasteiger partial charge in [-0.3, -0.25) is 14.5 Å². The lowest BCUT2D eigenvalue weighted by molar-refractivity contribution is -0.117. The number of benzene rings is 2. The van der Waals surface area contributed by atoms with Crippen molar-refractivity contribution in [2.45, 2.75) is 11.7 Å². The van der Waals surface area contributed by atoms with Crippen LogP contribution in [0.4, 0.5) is 10.1 Å². The third-order valence-electron chi connectivity index (χ3n) is 3.92. The molecule has 1 atom stereocenters. The molecule has 0 unspecified atom stereocenters. The standard InChI is InChI=1S/C19H13ClFN3O2S/c20-12-3-1-2-11(8-12)9-16-18(26)24(14-6-4-13(21)5-7-14)19(27-16)15(10-22)17(23)25/h1-8,16H,9H2,(H2,23,25)/b19-15-/t16-/m0/s1. The Kier molecular flexibility index (Phi) is 5.49. The van der Waals surface area contributed by atoms with Crippen LogP contribution in [-0.2, 0) is 16.0 Å². The molecule has 0 spiro atoms. The molecule has 5 nitrogen and oxygen atoms in total. The Balaban J connectivity index is 2.03. The van der Waals surface area contributed by atoms with Crippen molar-refractivity contribution in [1.82, 2.24) is 0 Å². The number of amides is 2. The summed E-state index contributed by atoms with van der Waals surface area (Å²) in [6.07, 6.45) is 0.350. The largest absolute Gasteiger partial charge is 0.365 e. The predicted molar refractivity (Wildman–Crippen MR) is 102 cm³/mol. The molecule has 1 aliphatic rings. The molecule has 1 aliphatic heterocycles. The molecule has 1 fully saturated rings. The van der Waals surface area contributed by atoms with E-state index in [4.69, 9.17) is 17.3 Å². The zero-order valence-electron chi connectivity index (χ0n) is 13.9. The van der Waals surface area contributed by atoms with Crippen LogP contribution in [0.3, 0.4) is 0 Å². The SMILES string of the molecule is N#C/C(C(N)=O)=C1/S[C@@H](Cc2cccc(Cl)c2)C(=O)N1c1ccc(F)cc1. The van der Waals surface area contributed by atoms with E-state index in [1.165, 1.54) is 29.2 Å². The van der Waals surface area contributed by atoms with E-state index in [0.29, 0.717) is 17.1 Å². The molecule has 1 saturated heterocycles. The van der Waals surface area contributed by atoms with Gasteiger partial charge in [-0.25, -0.2) is 4.39 Å². The summed E-state index contributed by atoms with van der Waals surface area (Å²) in [5.74, 6) is -1.71. The molecule has 0 aliphatic carbocycles. The van der Waals surface area contributed by atoms with Gasteiger partial charge in [0.15, 0.2) is 0 Å². The van der Waals surface area contributed by atoms with Crippen molar-refractivity contribution in [3.8, 4) is 6.07 Å². The van der Waals surface area contributed by atoms with E-state index in [1.54, 1.807) is 24.3 Å². The predicted octanol–water partition coefficient (Wildman–Crippen LogP) is 3.39. The highest BCUT2D eigenvalue weighted by Gasteiger charge is 2.40. The third kappa shape index (κ3) is 3.97. The minimum atomic E-state index is -0.927. The topological polar surface area (TPSA) is 87.2 Å². The van der Waals surface area contributed by atoms with Gasteiger partial charge in [0, 0.05) is 10.7 Å². The Hall–Kier alpha value is -2.82. The second-order valence-corrected chi connectivity index (χ2v) is 7.37. The highest BCUT2D eigenvalue weighted by atomic mass is 35.5. The van der Waals surface area contributed by atoms with Gasteiger partial charge in [-0.2, -0.15) is 5.26 Å². The van der Waals surface area contributed by atoms with E-state index in [9.17, 15) is 19.2 Å². The van der Waals surface area contributed by atoms with Gasteiger partial charge in [0.05, 0.1) is 5.25 Å². The van der Waals surface area contributed by atoms with Crippen LogP contribution in [0.2, 0.25) is 5.02 Å². The second-order valence-electron chi connectivity index (χ2n) is 5.75. The number of thioether (sulfide) groups is 1. The van der Waals surface area contributed by atoms with Gasteiger partial charge < -0.3 is 5.73 Å². The fraction of sp³-hybridized carbons (Fsp3) is 0.105. The van der Waals surface area contributed by atoms with Crippen LogP contribution in [0, 0.1) is 17.1 Å². The molecule has 27 heavy (non-hydrogen) atoms. The maximum absolute atomic E-state index is 13.3. The quantitative estimate of drug-likeness (QED) is 0.628. The normalized spacial score (nSPS) is 18.3. The number of hydrogen-bond donors (Lipinski definition) is 1. The number of anilines is 1. The zero-order chi connectivity index (χ0) is 19.6. The molecule has 2 N–H and O–H groups in total. The smallest absolute Gasteiger partial charge is 0.262 e. The van der Waals surface area contributed by atoms with Gasteiger partial charge in [0.25, 0.3) is 5.91 Å². The van der Waals surface area contributed by atoms with Crippen LogP contribution in [-0.4, -0.2) is 17.1 Å². The minimum absolute atomic E-state index is 0.147. The fourth-order valence-electron chi connectivity index (χ4n) is 2.70. The fourth-order valence-corrected chi connectivity index (χ4v) is 4.23. The number of nitrogens with two attached hydrogens (primary N) is 1. The first kappa shape index (κ1) is 19.0. The summed E-state index contributed by atoms with van der Waals surface area (Å²) in [5, 5.41) is 9.44.